The molecule has 0 fully saturated rings. The van der Waals surface area contributed by atoms with Crippen LogP contribution in [0.4, 0.5) is 0 Å². The lowest BCUT2D eigenvalue weighted by atomic mass is 10.2. The molecule has 3 aromatic rings. The molecule has 0 aliphatic heterocycles. The summed E-state index contributed by atoms with van der Waals surface area (Å²) in [5, 5.41) is -0.159. The van der Waals surface area contributed by atoms with E-state index in [1.807, 2.05) is 19.1 Å². The van der Waals surface area contributed by atoms with E-state index in [9.17, 15) is 14.4 Å². The molecular formula is C17H18N4O4. The van der Waals surface area contributed by atoms with Crippen LogP contribution in [0.25, 0.3) is 16.7 Å². The highest BCUT2D eigenvalue weighted by molar-refractivity contribution is 5.73. The summed E-state index contributed by atoms with van der Waals surface area (Å²) in [7, 11) is 2.79. The molecule has 8 heteroatoms. The summed E-state index contributed by atoms with van der Waals surface area (Å²) < 4.78 is 8.81. The van der Waals surface area contributed by atoms with Crippen molar-refractivity contribution >= 4 is 11.0 Å². The predicted molar refractivity (Wildman–Crippen MR) is 93.7 cm³/mol. The van der Waals surface area contributed by atoms with Gasteiger partial charge in [-0.05, 0) is 26.0 Å². The lowest BCUT2D eigenvalue weighted by Crippen LogP contribution is -2.41. The first-order valence-electron chi connectivity index (χ1n) is 7.79. The Labute approximate surface area is 142 Å². The number of fused-ring (bicyclic) bond motifs is 1. The van der Waals surface area contributed by atoms with Gasteiger partial charge in [0.1, 0.15) is 5.39 Å². The lowest BCUT2D eigenvalue weighted by molar-refractivity contribution is 0.303. The molecule has 0 aliphatic carbocycles. The van der Waals surface area contributed by atoms with E-state index in [1.54, 1.807) is 19.1 Å². The molecule has 25 heavy (non-hydrogen) atoms. The van der Waals surface area contributed by atoms with Crippen LogP contribution in [0.3, 0.4) is 0 Å². The summed E-state index contributed by atoms with van der Waals surface area (Å²) in [6.45, 7) is 3.97. The third-order valence-electron chi connectivity index (χ3n) is 4.01. The van der Waals surface area contributed by atoms with Crippen LogP contribution in [-0.2, 0) is 14.1 Å². The molecule has 130 valence electrons. The molecule has 0 unspecified atom stereocenters. The van der Waals surface area contributed by atoms with Gasteiger partial charge in [-0.2, -0.15) is 4.98 Å². The minimum absolute atomic E-state index is 0.00455. The first kappa shape index (κ1) is 16.7. The van der Waals surface area contributed by atoms with Gasteiger partial charge in [-0.3, -0.25) is 18.7 Å². The maximum atomic E-state index is 13.1. The predicted octanol–water partition coefficient (Wildman–Crippen LogP) is 0.490. The van der Waals surface area contributed by atoms with E-state index in [0.29, 0.717) is 5.69 Å². The van der Waals surface area contributed by atoms with Gasteiger partial charge >= 0.3 is 11.7 Å². The average Bonchev–Trinajstić information content (AvgIpc) is 2.59. The number of aryl methyl sites for hydroxylation is 2. The summed E-state index contributed by atoms with van der Waals surface area (Å²) in [5.74, 6) is 0. The smallest absolute Gasteiger partial charge is 0.332 e. The monoisotopic (exact) mass is 342 g/mol. The van der Waals surface area contributed by atoms with Crippen molar-refractivity contribution in [3.8, 4) is 11.7 Å². The van der Waals surface area contributed by atoms with Gasteiger partial charge in [-0.1, -0.05) is 17.7 Å². The summed E-state index contributed by atoms with van der Waals surface area (Å²) in [6.07, 6.45) is 0. The van der Waals surface area contributed by atoms with Crippen molar-refractivity contribution in [2.24, 2.45) is 14.1 Å². The zero-order valence-corrected chi connectivity index (χ0v) is 14.4. The molecule has 3 rings (SSSR count). The molecule has 0 amide bonds. The van der Waals surface area contributed by atoms with Crippen LogP contribution in [0.1, 0.15) is 12.5 Å². The number of nitrogens with zero attached hydrogens (tertiary/aromatic N) is 4. The van der Waals surface area contributed by atoms with Gasteiger partial charge in [0.15, 0.2) is 5.65 Å². The molecule has 1 aromatic carbocycles. The average molecular weight is 342 g/mol. The molecule has 2 heterocycles. The maximum absolute atomic E-state index is 13.1. The number of hydrogen-bond acceptors (Lipinski definition) is 5. The zero-order chi connectivity index (χ0) is 18.3. The fraction of sp³-hybridized carbons (Fsp3) is 0.294. The topological polar surface area (TPSA) is 88.1 Å². The minimum Gasteiger partial charge on any atom is -0.465 e. The van der Waals surface area contributed by atoms with Crippen LogP contribution in [0, 0.1) is 6.92 Å². The number of aromatic nitrogens is 4. The first-order chi connectivity index (χ1) is 11.9. The Bertz CT molecular complexity index is 1140. The minimum atomic E-state index is -0.681. The van der Waals surface area contributed by atoms with Crippen LogP contribution < -0.4 is 21.5 Å². The van der Waals surface area contributed by atoms with Crippen molar-refractivity contribution in [1.82, 2.24) is 18.7 Å². The Hall–Kier alpha value is -3.16. The van der Waals surface area contributed by atoms with Crippen molar-refractivity contribution in [3.63, 3.8) is 0 Å². The number of rotatable bonds is 3. The highest BCUT2D eigenvalue weighted by atomic mass is 16.5. The fourth-order valence-electron chi connectivity index (χ4n) is 2.64. The molecule has 2 aromatic heterocycles. The van der Waals surface area contributed by atoms with Crippen molar-refractivity contribution < 1.29 is 4.74 Å². The third-order valence-corrected chi connectivity index (χ3v) is 4.01. The van der Waals surface area contributed by atoms with Crippen LogP contribution in [-0.4, -0.2) is 25.3 Å². The molecule has 8 nitrogen and oxygen atoms in total. The highest BCUT2D eigenvalue weighted by Crippen LogP contribution is 2.16. The van der Waals surface area contributed by atoms with E-state index in [2.05, 4.69) is 4.98 Å². The molecule has 0 spiro atoms. The van der Waals surface area contributed by atoms with Gasteiger partial charge in [0.05, 0.1) is 12.3 Å². The summed E-state index contributed by atoms with van der Waals surface area (Å²) in [6, 6.07) is 7.23. The van der Waals surface area contributed by atoms with E-state index in [0.717, 1.165) is 10.1 Å². The van der Waals surface area contributed by atoms with Crippen LogP contribution in [0.5, 0.6) is 6.01 Å². The Morgan fingerprint density at radius 3 is 2.24 bits per heavy atom. The van der Waals surface area contributed by atoms with Gasteiger partial charge in [-0.25, -0.2) is 9.36 Å². The van der Waals surface area contributed by atoms with Crippen LogP contribution >= 0.6 is 0 Å². The van der Waals surface area contributed by atoms with Gasteiger partial charge in [0.25, 0.3) is 11.1 Å². The van der Waals surface area contributed by atoms with Gasteiger partial charge in [0.2, 0.25) is 0 Å². The quantitative estimate of drug-likeness (QED) is 0.691. The largest absolute Gasteiger partial charge is 0.465 e. The second kappa shape index (κ2) is 6.04. The Kier molecular flexibility index (Phi) is 4.03. The molecule has 0 radical (unpaired) electrons. The van der Waals surface area contributed by atoms with Crippen LogP contribution in [0.2, 0.25) is 0 Å². The van der Waals surface area contributed by atoms with E-state index < -0.39 is 16.8 Å². The number of ether oxygens (including phenoxy) is 1. The molecule has 0 saturated carbocycles. The maximum Gasteiger partial charge on any atom is 0.332 e. The Morgan fingerprint density at radius 2 is 1.64 bits per heavy atom. The molecule has 0 bridgehead atoms. The second-order valence-corrected chi connectivity index (χ2v) is 5.71. The second-order valence-electron chi connectivity index (χ2n) is 5.71. The molecular weight excluding hydrogens is 324 g/mol. The van der Waals surface area contributed by atoms with Crippen molar-refractivity contribution in [1.29, 1.82) is 0 Å². The van der Waals surface area contributed by atoms with Gasteiger partial charge in [-0.15, -0.1) is 0 Å². The molecule has 0 atom stereocenters. The zero-order valence-electron chi connectivity index (χ0n) is 14.4. The van der Waals surface area contributed by atoms with Crippen molar-refractivity contribution in [2.75, 3.05) is 6.61 Å². The summed E-state index contributed by atoms with van der Waals surface area (Å²) in [4.78, 5) is 41.9. The fourth-order valence-corrected chi connectivity index (χ4v) is 2.64. The third kappa shape index (κ3) is 2.55. The van der Waals surface area contributed by atoms with Gasteiger partial charge < -0.3 is 4.74 Å². The lowest BCUT2D eigenvalue weighted by Gasteiger charge is -2.14. The summed E-state index contributed by atoms with van der Waals surface area (Å²) >= 11 is 0. The number of benzene rings is 1. The van der Waals surface area contributed by atoms with E-state index in [4.69, 9.17) is 4.74 Å². The Morgan fingerprint density at radius 1 is 1.00 bits per heavy atom. The standard InChI is InChI=1S/C17H18N4O4/c1-5-25-16-18-13-12(14(22)20(4)17(24)19(13)3)15(23)21(16)11-8-6-10(2)7-9-11/h6-9H,5H2,1-4H3. The van der Waals surface area contributed by atoms with Crippen molar-refractivity contribution in [3.05, 3.63) is 61.0 Å². The number of hydrogen-bond donors (Lipinski definition) is 0. The van der Waals surface area contributed by atoms with E-state index in [-0.39, 0.29) is 23.7 Å². The SMILES string of the molecule is CCOc1nc2c(c(=O)n1-c1ccc(C)cc1)c(=O)n(C)c(=O)n2C. The molecule has 0 N–H and O–H groups in total. The van der Waals surface area contributed by atoms with E-state index >= 15 is 0 Å². The van der Waals surface area contributed by atoms with Crippen LogP contribution in [0.15, 0.2) is 38.6 Å². The molecule has 0 saturated heterocycles. The molecule has 0 aliphatic rings. The Balaban J connectivity index is 2.52. The first-order valence-corrected chi connectivity index (χ1v) is 7.79. The highest BCUT2D eigenvalue weighted by Gasteiger charge is 2.20. The van der Waals surface area contributed by atoms with Crippen molar-refractivity contribution in [2.45, 2.75) is 13.8 Å². The van der Waals surface area contributed by atoms with Gasteiger partial charge in [0, 0.05) is 14.1 Å². The summed E-state index contributed by atoms with van der Waals surface area (Å²) in [5.41, 5.74) is -0.246. The van der Waals surface area contributed by atoms with E-state index in [1.165, 1.54) is 23.2 Å². The normalized spacial score (nSPS) is 11.0.